The molecule has 0 heterocycles. The third-order valence-corrected chi connectivity index (χ3v) is 3.44. The van der Waals surface area contributed by atoms with Crippen LogP contribution >= 0.6 is 34.8 Å². The molecule has 1 aromatic rings. The number of halogens is 3. The lowest BCUT2D eigenvalue weighted by molar-refractivity contribution is 0.0574. The number of esters is 1. The number of rotatable bonds is 4. The van der Waals surface area contributed by atoms with Crippen molar-refractivity contribution in [2.45, 2.75) is 19.4 Å². The first kappa shape index (κ1) is 16.3. The minimum Gasteiger partial charge on any atom is -0.425 e. The monoisotopic (exact) mass is 321 g/mol. The fraction of sp³-hybridized carbons (Fsp3) is 0.308. The Bertz CT molecular complexity index is 513. The molecule has 0 aromatic heterocycles. The Hall–Kier alpha value is -0.740. The molecule has 1 N–H and O–H groups in total. The number of ether oxygens (including phenoxy) is 1. The fourth-order valence-electron chi connectivity index (χ4n) is 1.22. The Labute approximate surface area is 127 Å². The molecule has 0 spiro atoms. The molecule has 0 aliphatic rings. The van der Waals surface area contributed by atoms with Gasteiger partial charge in [-0.15, -0.1) is 0 Å². The molecule has 0 saturated carbocycles. The Balaban J connectivity index is 2.96. The van der Waals surface area contributed by atoms with E-state index in [-0.39, 0.29) is 10.6 Å². The van der Waals surface area contributed by atoms with Gasteiger partial charge in [0.05, 0.1) is 16.1 Å². The van der Waals surface area contributed by atoms with Crippen LogP contribution < -0.4 is 5.32 Å². The summed E-state index contributed by atoms with van der Waals surface area (Å²) in [7, 11) is 1.74. The van der Waals surface area contributed by atoms with Gasteiger partial charge in [0, 0.05) is 10.6 Å². The quantitative estimate of drug-likeness (QED) is 0.666. The minimum absolute atomic E-state index is 0.230. The summed E-state index contributed by atoms with van der Waals surface area (Å²) in [4.78, 5) is 12.0. The Morgan fingerprint density at radius 2 is 2.00 bits per heavy atom. The molecule has 0 fully saturated rings. The van der Waals surface area contributed by atoms with Crippen LogP contribution in [-0.4, -0.2) is 18.6 Å². The molecule has 1 aromatic carbocycles. The van der Waals surface area contributed by atoms with Crippen LogP contribution in [0.5, 0.6) is 0 Å². The maximum absolute atomic E-state index is 12.0. The molecule has 0 atom stereocenters. The SMILES string of the molecule is CNC(C)(C)C(=CCl)OC(=O)c1ccc(Cl)cc1Cl. The van der Waals surface area contributed by atoms with Gasteiger partial charge in [-0.1, -0.05) is 34.8 Å². The molecule has 0 amide bonds. The van der Waals surface area contributed by atoms with Gasteiger partial charge in [-0.05, 0) is 39.1 Å². The van der Waals surface area contributed by atoms with E-state index in [2.05, 4.69) is 5.32 Å². The predicted molar refractivity (Wildman–Crippen MR) is 79.0 cm³/mol. The van der Waals surface area contributed by atoms with Gasteiger partial charge in [0.1, 0.15) is 5.76 Å². The van der Waals surface area contributed by atoms with Crippen LogP contribution in [0.2, 0.25) is 10.0 Å². The van der Waals surface area contributed by atoms with Crippen molar-refractivity contribution in [3.05, 3.63) is 45.1 Å². The zero-order chi connectivity index (χ0) is 14.6. The van der Waals surface area contributed by atoms with E-state index in [1.165, 1.54) is 17.7 Å². The standard InChI is InChI=1S/C13H14Cl3NO2/c1-13(2,17-3)11(7-14)19-12(18)9-5-4-8(15)6-10(9)16/h4-7,17H,1-3H3. The van der Waals surface area contributed by atoms with Crippen LogP contribution in [0, 0.1) is 0 Å². The molecular formula is C13H14Cl3NO2. The van der Waals surface area contributed by atoms with Gasteiger partial charge in [0.25, 0.3) is 0 Å². The first-order valence-corrected chi connectivity index (χ1v) is 6.68. The van der Waals surface area contributed by atoms with Crippen LogP contribution in [-0.2, 0) is 4.74 Å². The lowest BCUT2D eigenvalue weighted by Crippen LogP contribution is -2.39. The van der Waals surface area contributed by atoms with Crippen molar-refractivity contribution in [2.75, 3.05) is 7.05 Å². The van der Waals surface area contributed by atoms with E-state index in [1.807, 2.05) is 13.8 Å². The molecule has 104 valence electrons. The summed E-state index contributed by atoms with van der Waals surface area (Å²) in [6.07, 6.45) is 0. The van der Waals surface area contributed by atoms with Crippen molar-refractivity contribution in [3.63, 3.8) is 0 Å². The molecule has 0 aliphatic carbocycles. The molecule has 3 nitrogen and oxygen atoms in total. The van der Waals surface area contributed by atoms with Crippen LogP contribution in [0.4, 0.5) is 0 Å². The average molecular weight is 323 g/mol. The third-order valence-electron chi connectivity index (χ3n) is 2.69. The van der Waals surface area contributed by atoms with E-state index in [0.717, 1.165) is 0 Å². The topological polar surface area (TPSA) is 38.3 Å². The highest BCUT2D eigenvalue weighted by atomic mass is 35.5. The van der Waals surface area contributed by atoms with Crippen LogP contribution in [0.15, 0.2) is 29.5 Å². The van der Waals surface area contributed by atoms with Crippen LogP contribution in [0.3, 0.4) is 0 Å². The van der Waals surface area contributed by atoms with Crippen LogP contribution in [0.25, 0.3) is 0 Å². The highest BCUT2D eigenvalue weighted by molar-refractivity contribution is 6.36. The molecule has 0 saturated heterocycles. The van der Waals surface area contributed by atoms with Crippen molar-refractivity contribution < 1.29 is 9.53 Å². The summed E-state index contributed by atoms with van der Waals surface area (Å²) in [6.45, 7) is 3.66. The molecular weight excluding hydrogens is 309 g/mol. The molecule has 0 radical (unpaired) electrons. The Morgan fingerprint density at radius 1 is 1.37 bits per heavy atom. The van der Waals surface area contributed by atoms with Gasteiger partial charge in [0.15, 0.2) is 0 Å². The Kier molecular flexibility index (Phi) is 5.68. The van der Waals surface area contributed by atoms with Gasteiger partial charge in [-0.25, -0.2) is 4.79 Å². The second kappa shape index (κ2) is 6.62. The maximum atomic E-state index is 12.0. The first-order chi connectivity index (χ1) is 8.81. The van der Waals surface area contributed by atoms with Crippen molar-refractivity contribution in [2.24, 2.45) is 0 Å². The second-order valence-electron chi connectivity index (χ2n) is 4.36. The molecule has 0 bridgehead atoms. The van der Waals surface area contributed by atoms with E-state index in [4.69, 9.17) is 39.5 Å². The number of carbonyl (C=O) groups is 1. The van der Waals surface area contributed by atoms with E-state index >= 15 is 0 Å². The van der Waals surface area contributed by atoms with E-state index in [9.17, 15) is 4.79 Å². The molecule has 6 heteroatoms. The fourth-order valence-corrected chi connectivity index (χ4v) is 2.02. The van der Waals surface area contributed by atoms with Gasteiger partial charge < -0.3 is 10.1 Å². The summed E-state index contributed by atoms with van der Waals surface area (Å²) in [6, 6.07) is 4.55. The summed E-state index contributed by atoms with van der Waals surface area (Å²) >= 11 is 17.4. The molecule has 0 unspecified atom stereocenters. The van der Waals surface area contributed by atoms with Gasteiger partial charge in [-0.3, -0.25) is 0 Å². The van der Waals surface area contributed by atoms with E-state index < -0.39 is 11.5 Å². The number of hydrogen-bond donors (Lipinski definition) is 1. The molecule has 1 rings (SSSR count). The van der Waals surface area contributed by atoms with Crippen molar-refractivity contribution in [1.29, 1.82) is 0 Å². The highest BCUT2D eigenvalue weighted by Crippen LogP contribution is 2.25. The second-order valence-corrected chi connectivity index (χ2v) is 5.42. The van der Waals surface area contributed by atoms with Crippen molar-refractivity contribution >= 4 is 40.8 Å². The van der Waals surface area contributed by atoms with Gasteiger partial charge in [0.2, 0.25) is 0 Å². The first-order valence-electron chi connectivity index (χ1n) is 5.49. The normalized spacial score (nSPS) is 12.4. The minimum atomic E-state index is -0.586. The molecule has 0 aliphatic heterocycles. The largest absolute Gasteiger partial charge is 0.425 e. The lowest BCUT2D eigenvalue weighted by Gasteiger charge is -2.26. The van der Waals surface area contributed by atoms with Crippen molar-refractivity contribution in [1.82, 2.24) is 5.32 Å². The van der Waals surface area contributed by atoms with Crippen LogP contribution in [0.1, 0.15) is 24.2 Å². The predicted octanol–water partition coefficient (Wildman–Crippen LogP) is 4.23. The summed E-state index contributed by atoms with van der Waals surface area (Å²) < 4.78 is 5.26. The summed E-state index contributed by atoms with van der Waals surface area (Å²) in [5.74, 6) is -0.287. The number of carbonyl (C=O) groups excluding carboxylic acids is 1. The highest BCUT2D eigenvalue weighted by Gasteiger charge is 2.26. The zero-order valence-electron chi connectivity index (χ0n) is 10.8. The number of benzene rings is 1. The molecule has 19 heavy (non-hydrogen) atoms. The lowest BCUT2D eigenvalue weighted by atomic mass is 10.0. The number of likely N-dealkylation sites (N-methyl/N-ethyl adjacent to an activating group) is 1. The maximum Gasteiger partial charge on any atom is 0.344 e. The number of hydrogen-bond acceptors (Lipinski definition) is 3. The Morgan fingerprint density at radius 3 is 2.47 bits per heavy atom. The summed E-state index contributed by atoms with van der Waals surface area (Å²) in [5, 5.41) is 3.67. The number of nitrogens with one attached hydrogen (secondary N) is 1. The van der Waals surface area contributed by atoms with Gasteiger partial charge >= 0.3 is 5.97 Å². The third kappa shape index (κ3) is 4.11. The average Bonchev–Trinajstić information content (AvgIpc) is 2.35. The van der Waals surface area contributed by atoms with E-state index in [0.29, 0.717) is 10.8 Å². The van der Waals surface area contributed by atoms with Crippen molar-refractivity contribution in [3.8, 4) is 0 Å². The smallest absolute Gasteiger partial charge is 0.344 e. The zero-order valence-corrected chi connectivity index (χ0v) is 13.0. The van der Waals surface area contributed by atoms with Gasteiger partial charge in [-0.2, -0.15) is 0 Å². The summed E-state index contributed by atoms with van der Waals surface area (Å²) in [5.41, 5.74) is 0.878. The van der Waals surface area contributed by atoms with E-state index in [1.54, 1.807) is 13.1 Å².